The summed E-state index contributed by atoms with van der Waals surface area (Å²) < 4.78 is 12.6. The lowest BCUT2D eigenvalue weighted by Gasteiger charge is -2.17. The third-order valence-electron chi connectivity index (χ3n) is 7.16. The molecule has 0 radical (unpaired) electrons. The number of halogens is 1. The number of benzene rings is 4. The van der Waals surface area contributed by atoms with E-state index in [0.29, 0.717) is 33.5 Å². The minimum atomic E-state index is -0.615. The molecular formula is C34H30BrN5O6. The van der Waals surface area contributed by atoms with Crippen LogP contribution in [0.4, 0.5) is 11.4 Å². The van der Waals surface area contributed by atoms with Gasteiger partial charge in [-0.15, -0.1) is 0 Å². The smallest absolute Gasteiger partial charge is 0.312 e. The minimum Gasteiger partial charge on any atom is -0.496 e. The summed E-state index contributed by atoms with van der Waals surface area (Å²) in [5.41, 5.74) is 3.04. The molecule has 0 spiro atoms. The van der Waals surface area contributed by atoms with E-state index in [-0.39, 0.29) is 21.8 Å². The van der Waals surface area contributed by atoms with Crippen LogP contribution in [0.2, 0.25) is 0 Å². The first-order chi connectivity index (χ1) is 22.1. The molecule has 0 atom stereocenters. The van der Waals surface area contributed by atoms with Gasteiger partial charge in [0.1, 0.15) is 5.75 Å². The second-order valence-electron chi connectivity index (χ2n) is 10.7. The summed E-state index contributed by atoms with van der Waals surface area (Å²) in [5, 5.41) is 19.6. The van der Waals surface area contributed by atoms with E-state index < -0.39 is 23.0 Å². The summed E-state index contributed by atoms with van der Waals surface area (Å²) in [6, 6.07) is 22.4. The van der Waals surface area contributed by atoms with Crippen molar-refractivity contribution in [3.8, 4) is 22.9 Å². The number of anilines is 1. The maximum Gasteiger partial charge on any atom is 0.312 e. The topological polar surface area (TPSA) is 138 Å². The Kier molecular flexibility index (Phi) is 9.57. The van der Waals surface area contributed by atoms with E-state index in [1.165, 1.54) is 17.0 Å². The molecule has 1 N–H and O–H groups in total. The van der Waals surface area contributed by atoms with Gasteiger partial charge in [0.25, 0.3) is 11.5 Å². The van der Waals surface area contributed by atoms with Gasteiger partial charge in [0.2, 0.25) is 5.75 Å². The normalized spacial score (nSPS) is 11.3. The fourth-order valence-corrected chi connectivity index (χ4v) is 5.49. The predicted octanol–water partition coefficient (Wildman–Crippen LogP) is 7.07. The van der Waals surface area contributed by atoms with E-state index in [1.54, 1.807) is 61.7 Å². The van der Waals surface area contributed by atoms with Crippen LogP contribution in [0, 0.1) is 17.0 Å². The van der Waals surface area contributed by atoms with Gasteiger partial charge in [0.05, 0.1) is 33.6 Å². The van der Waals surface area contributed by atoms with Crippen LogP contribution in [0.1, 0.15) is 36.5 Å². The van der Waals surface area contributed by atoms with E-state index in [0.717, 1.165) is 16.9 Å². The standard InChI is InChI=1S/C34H30BrN5O6/c1-20(2)25-17-26(21(3)14-30(25)45-4)33-38-28-13-9-8-12-24(28)34(42)39(33)36-18-22-15-27(35)32(29(16-22)40(43)44)46-19-31(41)37-23-10-6-5-7-11-23/h5-18,20H,19H2,1-4H3,(H,37,41). The quantitative estimate of drug-likeness (QED) is 0.0943. The summed E-state index contributed by atoms with van der Waals surface area (Å²) in [4.78, 5) is 42.4. The van der Waals surface area contributed by atoms with Crippen molar-refractivity contribution >= 4 is 50.3 Å². The largest absolute Gasteiger partial charge is 0.496 e. The summed E-state index contributed by atoms with van der Waals surface area (Å²) in [7, 11) is 1.61. The van der Waals surface area contributed by atoms with Gasteiger partial charge >= 0.3 is 5.69 Å². The molecule has 1 amide bonds. The maximum atomic E-state index is 13.8. The first kappa shape index (κ1) is 32.0. The molecule has 0 fully saturated rings. The number of nitrogens with one attached hydrogen (secondary N) is 1. The third-order valence-corrected chi connectivity index (χ3v) is 7.75. The lowest BCUT2D eigenvalue weighted by molar-refractivity contribution is -0.385. The molecule has 46 heavy (non-hydrogen) atoms. The summed E-state index contributed by atoms with van der Waals surface area (Å²) in [6.45, 7) is 5.53. The second kappa shape index (κ2) is 13.7. The molecule has 0 aliphatic carbocycles. The van der Waals surface area contributed by atoms with Gasteiger partial charge in [-0.1, -0.05) is 44.2 Å². The Labute approximate surface area is 272 Å². The first-order valence-electron chi connectivity index (χ1n) is 14.3. The Morgan fingerprint density at radius 1 is 1.11 bits per heavy atom. The van der Waals surface area contributed by atoms with Gasteiger partial charge in [-0.3, -0.25) is 19.7 Å². The molecule has 1 aromatic heterocycles. The highest BCUT2D eigenvalue weighted by Gasteiger charge is 2.22. The number of nitro benzene ring substituents is 1. The molecule has 0 saturated heterocycles. The number of aryl methyl sites for hydroxylation is 1. The van der Waals surface area contributed by atoms with Crippen molar-refractivity contribution in [1.29, 1.82) is 0 Å². The number of ether oxygens (including phenoxy) is 2. The van der Waals surface area contributed by atoms with E-state index >= 15 is 0 Å². The summed E-state index contributed by atoms with van der Waals surface area (Å²) in [5.74, 6) is 0.557. The van der Waals surface area contributed by atoms with Gasteiger partial charge in [0, 0.05) is 22.9 Å². The average Bonchev–Trinajstić information content (AvgIpc) is 3.03. The minimum absolute atomic E-state index is 0.120. The number of hydrogen-bond donors (Lipinski definition) is 1. The highest BCUT2D eigenvalue weighted by atomic mass is 79.9. The van der Waals surface area contributed by atoms with Gasteiger partial charge in [-0.25, -0.2) is 4.98 Å². The van der Waals surface area contributed by atoms with E-state index in [4.69, 9.17) is 14.5 Å². The Balaban J connectivity index is 1.55. The van der Waals surface area contributed by atoms with Crippen LogP contribution in [0.25, 0.3) is 22.3 Å². The molecule has 12 heteroatoms. The lowest BCUT2D eigenvalue weighted by Crippen LogP contribution is -2.21. The zero-order valence-electron chi connectivity index (χ0n) is 25.5. The van der Waals surface area contributed by atoms with Crippen LogP contribution in [0.15, 0.2) is 93.2 Å². The summed E-state index contributed by atoms with van der Waals surface area (Å²) in [6.07, 6.45) is 1.34. The number of para-hydroxylation sites is 2. The Bertz CT molecular complexity index is 2040. The number of carbonyl (C=O) groups is 1. The fraction of sp³-hybridized carbons (Fsp3) is 0.176. The van der Waals surface area contributed by atoms with Crippen LogP contribution in [0.3, 0.4) is 0 Å². The molecule has 0 unspecified atom stereocenters. The number of methoxy groups -OCH3 is 1. The van der Waals surface area contributed by atoms with Crippen molar-refractivity contribution in [2.45, 2.75) is 26.7 Å². The van der Waals surface area contributed by atoms with E-state index in [2.05, 4.69) is 26.3 Å². The lowest BCUT2D eigenvalue weighted by atomic mass is 9.96. The van der Waals surface area contributed by atoms with Crippen LogP contribution < -0.4 is 20.3 Å². The molecule has 0 aliphatic rings. The molecule has 0 bridgehead atoms. The summed E-state index contributed by atoms with van der Waals surface area (Å²) >= 11 is 3.34. The molecule has 1 heterocycles. The van der Waals surface area contributed by atoms with E-state index in [9.17, 15) is 19.7 Å². The number of fused-ring (bicyclic) bond motifs is 1. The van der Waals surface area contributed by atoms with Gasteiger partial charge in [-0.2, -0.15) is 9.78 Å². The second-order valence-corrected chi connectivity index (χ2v) is 11.5. The van der Waals surface area contributed by atoms with Crippen LogP contribution in [-0.4, -0.2) is 40.4 Å². The highest BCUT2D eigenvalue weighted by molar-refractivity contribution is 9.10. The van der Waals surface area contributed by atoms with Crippen LogP contribution in [0.5, 0.6) is 11.5 Å². The maximum absolute atomic E-state index is 13.8. The monoisotopic (exact) mass is 683 g/mol. The molecule has 5 rings (SSSR count). The van der Waals surface area contributed by atoms with Crippen molar-refractivity contribution < 1.29 is 19.2 Å². The number of hydrogen-bond acceptors (Lipinski definition) is 8. The zero-order valence-corrected chi connectivity index (χ0v) is 27.1. The highest BCUT2D eigenvalue weighted by Crippen LogP contribution is 2.37. The number of carbonyl (C=O) groups excluding carboxylic acids is 1. The number of aromatic nitrogens is 2. The fourth-order valence-electron chi connectivity index (χ4n) is 4.91. The van der Waals surface area contributed by atoms with E-state index in [1.807, 2.05) is 39.0 Å². The van der Waals surface area contributed by atoms with Crippen LogP contribution >= 0.6 is 15.9 Å². The average molecular weight is 685 g/mol. The molecule has 5 aromatic rings. The zero-order chi connectivity index (χ0) is 33.0. The Morgan fingerprint density at radius 3 is 2.52 bits per heavy atom. The Morgan fingerprint density at radius 2 is 1.83 bits per heavy atom. The van der Waals surface area contributed by atoms with Gasteiger partial charge in [0.15, 0.2) is 12.4 Å². The predicted molar refractivity (Wildman–Crippen MR) is 181 cm³/mol. The number of rotatable bonds is 10. The molecule has 11 nitrogen and oxygen atoms in total. The first-order valence-corrected chi connectivity index (χ1v) is 15.1. The van der Waals surface area contributed by atoms with Crippen molar-refractivity contribution in [1.82, 2.24) is 9.66 Å². The molecule has 234 valence electrons. The van der Waals surface area contributed by atoms with Gasteiger partial charge < -0.3 is 14.8 Å². The van der Waals surface area contributed by atoms with Crippen molar-refractivity contribution in [3.05, 3.63) is 120 Å². The van der Waals surface area contributed by atoms with Gasteiger partial charge in [-0.05, 0) is 82.4 Å². The molecule has 0 saturated carbocycles. The Hall–Kier alpha value is -5.36. The SMILES string of the molecule is COc1cc(C)c(-c2nc3ccccc3c(=O)n2N=Cc2cc(Br)c(OCC(=O)Nc3ccccc3)c([N+](=O)[O-])c2)cc1C(C)C. The third kappa shape index (κ3) is 6.81. The number of amides is 1. The number of nitro groups is 1. The van der Waals surface area contributed by atoms with Crippen molar-refractivity contribution in [3.63, 3.8) is 0 Å². The molecular weight excluding hydrogens is 654 g/mol. The molecule has 0 aliphatic heterocycles. The van der Waals surface area contributed by atoms with Crippen molar-refractivity contribution in [2.24, 2.45) is 5.10 Å². The molecule has 4 aromatic carbocycles. The van der Waals surface area contributed by atoms with Crippen LogP contribution in [-0.2, 0) is 4.79 Å². The van der Waals surface area contributed by atoms with Crippen molar-refractivity contribution in [2.75, 3.05) is 19.0 Å². The number of nitrogens with zero attached hydrogens (tertiary/aromatic N) is 4.